The summed E-state index contributed by atoms with van der Waals surface area (Å²) < 4.78 is 12.6. The molecule has 1 N–H and O–H groups in total. The lowest BCUT2D eigenvalue weighted by atomic mass is 10.1. The molecule has 1 aromatic carbocycles. The van der Waals surface area contributed by atoms with Gasteiger partial charge < -0.3 is 5.11 Å². The Morgan fingerprint density at radius 3 is 2.77 bits per heavy atom. The zero-order chi connectivity index (χ0) is 9.84. The van der Waals surface area contributed by atoms with Crippen molar-refractivity contribution in [2.75, 3.05) is 5.33 Å². The van der Waals surface area contributed by atoms with Crippen molar-refractivity contribution < 1.29 is 14.3 Å². The second-order valence-corrected chi connectivity index (χ2v) is 3.32. The predicted octanol–water partition coefficient (Wildman–Crippen LogP) is 2.50. The molecule has 0 bridgehead atoms. The molecule has 0 aliphatic carbocycles. The van der Waals surface area contributed by atoms with E-state index in [1.807, 2.05) is 0 Å². The number of carbonyl (C=O) groups excluding carboxylic acids is 1. The Bertz CT molecular complexity index is 325. The average Bonchev–Trinajstić information content (AvgIpc) is 2.10. The van der Waals surface area contributed by atoms with E-state index in [1.165, 1.54) is 6.07 Å². The van der Waals surface area contributed by atoms with Crippen molar-refractivity contribution in [2.45, 2.75) is 6.42 Å². The number of Topliss-reactive ketones (excluding diaryl/α,β-unsaturated/α-hetero) is 1. The SMILES string of the molecule is O=C(CCBr)c1ccc(F)c(O)c1. The van der Waals surface area contributed by atoms with Gasteiger partial charge in [-0.1, -0.05) is 15.9 Å². The first kappa shape index (κ1) is 10.2. The van der Waals surface area contributed by atoms with Crippen LogP contribution in [0.15, 0.2) is 18.2 Å². The molecule has 0 aliphatic heterocycles. The minimum Gasteiger partial charge on any atom is -0.505 e. The Morgan fingerprint density at radius 2 is 2.23 bits per heavy atom. The monoisotopic (exact) mass is 246 g/mol. The zero-order valence-electron chi connectivity index (χ0n) is 6.76. The minimum absolute atomic E-state index is 0.118. The standard InChI is InChI=1S/C9H8BrFO2/c10-4-3-8(12)6-1-2-7(11)9(13)5-6/h1-2,5,13H,3-4H2. The van der Waals surface area contributed by atoms with Gasteiger partial charge in [0.05, 0.1) is 0 Å². The van der Waals surface area contributed by atoms with E-state index in [1.54, 1.807) is 0 Å². The predicted molar refractivity (Wildman–Crippen MR) is 50.8 cm³/mol. The molecule has 1 aromatic rings. The minimum atomic E-state index is -0.713. The average molecular weight is 247 g/mol. The summed E-state index contributed by atoms with van der Waals surface area (Å²) in [5.74, 6) is -1.32. The quantitative estimate of drug-likeness (QED) is 0.658. The molecular weight excluding hydrogens is 239 g/mol. The number of halogens is 2. The molecule has 0 atom stereocenters. The third-order valence-corrected chi connectivity index (χ3v) is 1.99. The molecule has 0 amide bonds. The van der Waals surface area contributed by atoms with Gasteiger partial charge in [0.25, 0.3) is 0 Å². The number of benzene rings is 1. The highest BCUT2D eigenvalue weighted by Crippen LogP contribution is 2.17. The number of rotatable bonds is 3. The molecule has 4 heteroatoms. The molecule has 0 radical (unpaired) electrons. The van der Waals surface area contributed by atoms with Crippen LogP contribution in [0, 0.1) is 5.82 Å². The summed E-state index contributed by atoms with van der Waals surface area (Å²) >= 11 is 3.12. The fourth-order valence-electron chi connectivity index (χ4n) is 0.916. The molecule has 0 saturated heterocycles. The summed E-state index contributed by atoms with van der Waals surface area (Å²) in [7, 11) is 0. The second-order valence-electron chi connectivity index (χ2n) is 2.53. The first-order valence-corrected chi connectivity index (χ1v) is 4.85. The van der Waals surface area contributed by atoms with Gasteiger partial charge in [-0.3, -0.25) is 4.79 Å². The van der Waals surface area contributed by atoms with E-state index in [2.05, 4.69) is 15.9 Å². The van der Waals surface area contributed by atoms with Crippen LogP contribution in [0.25, 0.3) is 0 Å². The van der Waals surface area contributed by atoms with Crippen LogP contribution in [0.2, 0.25) is 0 Å². The molecule has 0 unspecified atom stereocenters. The van der Waals surface area contributed by atoms with Crippen molar-refractivity contribution in [2.24, 2.45) is 0 Å². The maximum absolute atomic E-state index is 12.6. The first-order valence-electron chi connectivity index (χ1n) is 3.73. The van der Waals surface area contributed by atoms with Crippen LogP contribution in [-0.4, -0.2) is 16.2 Å². The number of aromatic hydroxyl groups is 1. The number of phenolic OH excluding ortho intramolecular Hbond substituents is 1. The summed E-state index contributed by atoms with van der Waals surface area (Å²) in [5.41, 5.74) is 0.332. The Labute approximate surface area is 83.5 Å². The molecule has 2 nitrogen and oxygen atoms in total. The normalized spacial score (nSPS) is 10.0. The molecular formula is C9H8BrFO2. The van der Waals surface area contributed by atoms with Crippen LogP contribution in [-0.2, 0) is 0 Å². The number of hydrogen-bond donors (Lipinski definition) is 1. The van der Waals surface area contributed by atoms with Gasteiger partial charge in [-0.25, -0.2) is 4.39 Å². The number of ketones is 1. The molecule has 70 valence electrons. The van der Waals surface area contributed by atoms with E-state index in [-0.39, 0.29) is 5.78 Å². The maximum Gasteiger partial charge on any atom is 0.164 e. The Hall–Kier alpha value is -0.900. The molecule has 0 spiro atoms. The second kappa shape index (κ2) is 4.37. The van der Waals surface area contributed by atoms with Crippen molar-refractivity contribution in [1.82, 2.24) is 0 Å². The molecule has 13 heavy (non-hydrogen) atoms. The van der Waals surface area contributed by atoms with E-state index < -0.39 is 11.6 Å². The summed E-state index contributed by atoms with van der Waals surface area (Å²) in [6.45, 7) is 0. The molecule has 0 aromatic heterocycles. The van der Waals surface area contributed by atoms with Gasteiger partial charge in [0, 0.05) is 17.3 Å². The van der Waals surface area contributed by atoms with E-state index in [0.717, 1.165) is 12.1 Å². The van der Waals surface area contributed by atoms with Crippen LogP contribution in [0.1, 0.15) is 16.8 Å². The molecule has 0 aliphatic rings. The van der Waals surface area contributed by atoms with Gasteiger partial charge in [-0.15, -0.1) is 0 Å². The highest BCUT2D eigenvalue weighted by atomic mass is 79.9. The van der Waals surface area contributed by atoms with Gasteiger partial charge in [0.2, 0.25) is 0 Å². The molecule has 0 saturated carbocycles. The van der Waals surface area contributed by atoms with E-state index in [9.17, 15) is 9.18 Å². The number of phenols is 1. The highest BCUT2D eigenvalue weighted by Gasteiger charge is 2.07. The largest absolute Gasteiger partial charge is 0.505 e. The molecule has 0 heterocycles. The third-order valence-electron chi connectivity index (χ3n) is 1.59. The zero-order valence-corrected chi connectivity index (χ0v) is 8.34. The van der Waals surface area contributed by atoms with Gasteiger partial charge in [-0.05, 0) is 18.2 Å². The Kier molecular flexibility index (Phi) is 3.42. The van der Waals surface area contributed by atoms with Gasteiger partial charge in [0.15, 0.2) is 17.3 Å². The van der Waals surface area contributed by atoms with Crippen LogP contribution in [0.5, 0.6) is 5.75 Å². The van der Waals surface area contributed by atoms with Gasteiger partial charge in [0.1, 0.15) is 0 Å². The third kappa shape index (κ3) is 2.52. The van der Waals surface area contributed by atoms with Crippen LogP contribution in [0.4, 0.5) is 4.39 Å². The van der Waals surface area contributed by atoms with Crippen molar-refractivity contribution in [3.8, 4) is 5.75 Å². The fourth-order valence-corrected chi connectivity index (χ4v) is 1.28. The number of hydrogen-bond acceptors (Lipinski definition) is 2. The summed E-state index contributed by atoms with van der Waals surface area (Å²) in [6, 6.07) is 3.58. The summed E-state index contributed by atoms with van der Waals surface area (Å²) in [4.78, 5) is 11.2. The number of carbonyl (C=O) groups is 1. The lowest BCUT2D eigenvalue weighted by Gasteiger charge is -1.99. The van der Waals surface area contributed by atoms with Crippen molar-refractivity contribution in [3.63, 3.8) is 0 Å². The summed E-state index contributed by atoms with van der Waals surface area (Å²) in [5, 5.41) is 9.54. The lowest BCUT2D eigenvalue weighted by molar-refractivity contribution is 0.0989. The van der Waals surface area contributed by atoms with Crippen LogP contribution < -0.4 is 0 Å². The van der Waals surface area contributed by atoms with Crippen molar-refractivity contribution in [1.29, 1.82) is 0 Å². The maximum atomic E-state index is 12.6. The topological polar surface area (TPSA) is 37.3 Å². The highest BCUT2D eigenvalue weighted by molar-refractivity contribution is 9.09. The Morgan fingerprint density at radius 1 is 1.54 bits per heavy atom. The van der Waals surface area contributed by atoms with E-state index in [0.29, 0.717) is 17.3 Å². The van der Waals surface area contributed by atoms with Crippen molar-refractivity contribution in [3.05, 3.63) is 29.6 Å². The molecule has 1 rings (SSSR count). The Balaban J connectivity index is 2.90. The fraction of sp³-hybridized carbons (Fsp3) is 0.222. The van der Waals surface area contributed by atoms with Crippen LogP contribution in [0.3, 0.4) is 0 Å². The van der Waals surface area contributed by atoms with E-state index >= 15 is 0 Å². The lowest BCUT2D eigenvalue weighted by Crippen LogP contribution is -1.99. The smallest absolute Gasteiger partial charge is 0.164 e. The number of alkyl halides is 1. The van der Waals surface area contributed by atoms with Gasteiger partial charge >= 0.3 is 0 Å². The van der Waals surface area contributed by atoms with Crippen LogP contribution >= 0.6 is 15.9 Å². The molecule has 0 fully saturated rings. The van der Waals surface area contributed by atoms with Crippen molar-refractivity contribution >= 4 is 21.7 Å². The van der Waals surface area contributed by atoms with E-state index in [4.69, 9.17) is 5.11 Å². The first-order chi connectivity index (χ1) is 6.15. The van der Waals surface area contributed by atoms with Gasteiger partial charge in [-0.2, -0.15) is 0 Å². The summed E-state index contributed by atoms with van der Waals surface area (Å²) in [6.07, 6.45) is 0.338.